The molecule has 20 heavy (non-hydrogen) atoms. The Morgan fingerprint density at radius 2 is 2.20 bits per heavy atom. The van der Waals surface area contributed by atoms with Crippen LogP contribution >= 0.6 is 0 Å². The van der Waals surface area contributed by atoms with Gasteiger partial charge in [-0.05, 0) is 38.6 Å². The van der Waals surface area contributed by atoms with Crippen molar-refractivity contribution in [3.05, 3.63) is 0 Å². The van der Waals surface area contributed by atoms with Gasteiger partial charge >= 0.3 is 0 Å². The first-order valence-electron chi connectivity index (χ1n) is 8.16. The van der Waals surface area contributed by atoms with Crippen LogP contribution in [0.25, 0.3) is 0 Å². The van der Waals surface area contributed by atoms with Gasteiger partial charge in [-0.2, -0.15) is 0 Å². The molecule has 0 radical (unpaired) electrons. The van der Waals surface area contributed by atoms with E-state index in [4.69, 9.17) is 4.74 Å². The van der Waals surface area contributed by atoms with Crippen molar-refractivity contribution >= 4 is 5.91 Å². The van der Waals surface area contributed by atoms with Crippen molar-refractivity contribution in [3.63, 3.8) is 0 Å². The standard InChI is InChI=1S/C16H32N2O2/c1-5-10-17-15-9-11-18(12-14(15)6-2)16(19)8-7-13(3)20-4/h13-15,17H,5-12H2,1-4H3. The molecule has 1 fully saturated rings. The van der Waals surface area contributed by atoms with E-state index in [1.807, 2.05) is 6.92 Å². The molecule has 3 atom stereocenters. The minimum Gasteiger partial charge on any atom is -0.382 e. The summed E-state index contributed by atoms with van der Waals surface area (Å²) < 4.78 is 5.21. The molecule has 1 amide bonds. The SMILES string of the molecule is CCCNC1CCN(C(=O)CCC(C)OC)CC1CC. The van der Waals surface area contributed by atoms with Crippen molar-refractivity contribution in [1.82, 2.24) is 10.2 Å². The Bertz CT molecular complexity index is 284. The van der Waals surface area contributed by atoms with E-state index in [1.54, 1.807) is 7.11 Å². The summed E-state index contributed by atoms with van der Waals surface area (Å²) in [4.78, 5) is 14.3. The summed E-state index contributed by atoms with van der Waals surface area (Å²) in [6.07, 6.45) is 5.00. The summed E-state index contributed by atoms with van der Waals surface area (Å²) >= 11 is 0. The second kappa shape index (κ2) is 9.35. The number of rotatable bonds is 8. The van der Waals surface area contributed by atoms with Gasteiger partial charge < -0.3 is 15.0 Å². The van der Waals surface area contributed by atoms with Crippen molar-refractivity contribution in [2.45, 2.75) is 65.0 Å². The average molecular weight is 284 g/mol. The Hall–Kier alpha value is -0.610. The second-order valence-electron chi connectivity index (χ2n) is 5.94. The lowest BCUT2D eigenvalue weighted by Crippen LogP contribution is -2.51. The third kappa shape index (κ3) is 5.41. The van der Waals surface area contributed by atoms with E-state index >= 15 is 0 Å². The lowest BCUT2D eigenvalue weighted by molar-refractivity contribution is -0.134. The number of likely N-dealkylation sites (tertiary alicyclic amines) is 1. The molecular weight excluding hydrogens is 252 g/mol. The molecule has 1 aliphatic heterocycles. The fourth-order valence-corrected chi connectivity index (χ4v) is 2.87. The molecular formula is C16H32N2O2. The fraction of sp³-hybridized carbons (Fsp3) is 0.938. The highest BCUT2D eigenvalue weighted by Crippen LogP contribution is 2.21. The largest absolute Gasteiger partial charge is 0.382 e. The second-order valence-corrected chi connectivity index (χ2v) is 5.94. The predicted molar refractivity (Wildman–Crippen MR) is 82.8 cm³/mol. The summed E-state index contributed by atoms with van der Waals surface area (Å²) in [5.41, 5.74) is 0. The van der Waals surface area contributed by atoms with E-state index in [1.165, 1.54) is 6.42 Å². The van der Waals surface area contributed by atoms with E-state index in [2.05, 4.69) is 24.1 Å². The number of hydrogen-bond donors (Lipinski definition) is 1. The molecule has 3 unspecified atom stereocenters. The Labute approximate surface area is 124 Å². The number of methoxy groups -OCH3 is 1. The molecule has 0 aliphatic carbocycles. The van der Waals surface area contributed by atoms with Crippen LogP contribution < -0.4 is 5.32 Å². The first-order chi connectivity index (χ1) is 9.62. The van der Waals surface area contributed by atoms with Gasteiger partial charge in [0.05, 0.1) is 6.10 Å². The highest BCUT2D eigenvalue weighted by Gasteiger charge is 2.29. The van der Waals surface area contributed by atoms with Crippen LogP contribution in [0.2, 0.25) is 0 Å². The number of carbonyl (C=O) groups excluding carboxylic acids is 1. The topological polar surface area (TPSA) is 41.6 Å². The van der Waals surface area contributed by atoms with Gasteiger partial charge in [0.25, 0.3) is 0 Å². The van der Waals surface area contributed by atoms with Crippen molar-refractivity contribution < 1.29 is 9.53 Å². The van der Waals surface area contributed by atoms with Crippen LogP contribution in [0.1, 0.15) is 52.9 Å². The van der Waals surface area contributed by atoms with Gasteiger partial charge in [0, 0.05) is 32.7 Å². The van der Waals surface area contributed by atoms with E-state index in [-0.39, 0.29) is 6.10 Å². The van der Waals surface area contributed by atoms with Crippen LogP contribution in [0.5, 0.6) is 0 Å². The van der Waals surface area contributed by atoms with Crippen molar-refractivity contribution in [1.29, 1.82) is 0 Å². The smallest absolute Gasteiger partial charge is 0.222 e. The molecule has 0 aromatic rings. The maximum Gasteiger partial charge on any atom is 0.222 e. The van der Waals surface area contributed by atoms with Gasteiger partial charge in [-0.25, -0.2) is 0 Å². The van der Waals surface area contributed by atoms with Gasteiger partial charge in [0.2, 0.25) is 5.91 Å². The Morgan fingerprint density at radius 3 is 2.80 bits per heavy atom. The number of carbonyl (C=O) groups is 1. The summed E-state index contributed by atoms with van der Waals surface area (Å²) in [5.74, 6) is 0.889. The Kier molecular flexibility index (Phi) is 8.15. The van der Waals surface area contributed by atoms with Crippen LogP contribution in [-0.4, -0.2) is 49.7 Å². The predicted octanol–water partition coefficient (Wildman–Crippen LogP) is 2.43. The molecule has 0 aromatic heterocycles. The van der Waals surface area contributed by atoms with Gasteiger partial charge in [0.1, 0.15) is 0 Å². The molecule has 1 aliphatic rings. The zero-order valence-corrected chi connectivity index (χ0v) is 13.7. The molecule has 0 spiro atoms. The summed E-state index contributed by atoms with van der Waals surface area (Å²) in [6, 6.07) is 0.585. The van der Waals surface area contributed by atoms with Crippen LogP contribution in [0.15, 0.2) is 0 Å². The Morgan fingerprint density at radius 1 is 1.45 bits per heavy atom. The molecule has 118 valence electrons. The number of hydrogen-bond acceptors (Lipinski definition) is 3. The van der Waals surface area contributed by atoms with Crippen LogP contribution in [0.3, 0.4) is 0 Å². The highest BCUT2D eigenvalue weighted by atomic mass is 16.5. The minimum absolute atomic E-state index is 0.171. The van der Waals surface area contributed by atoms with Crippen molar-refractivity contribution in [3.8, 4) is 0 Å². The quantitative estimate of drug-likeness (QED) is 0.744. The van der Waals surface area contributed by atoms with E-state index in [0.29, 0.717) is 24.3 Å². The van der Waals surface area contributed by atoms with Gasteiger partial charge in [-0.1, -0.05) is 20.3 Å². The summed E-state index contributed by atoms with van der Waals surface area (Å²) in [5, 5.41) is 3.63. The van der Waals surface area contributed by atoms with E-state index in [9.17, 15) is 4.79 Å². The van der Waals surface area contributed by atoms with Gasteiger partial charge in [-0.15, -0.1) is 0 Å². The number of piperidine rings is 1. The van der Waals surface area contributed by atoms with E-state index < -0.39 is 0 Å². The first-order valence-corrected chi connectivity index (χ1v) is 8.16. The monoisotopic (exact) mass is 284 g/mol. The Balaban J connectivity index is 2.40. The minimum atomic E-state index is 0.171. The molecule has 1 heterocycles. The van der Waals surface area contributed by atoms with Gasteiger partial charge in [-0.3, -0.25) is 4.79 Å². The summed E-state index contributed by atoms with van der Waals surface area (Å²) in [7, 11) is 1.70. The molecule has 0 aromatic carbocycles. The molecule has 1 N–H and O–H groups in total. The zero-order valence-electron chi connectivity index (χ0n) is 13.7. The molecule has 1 rings (SSSR count). The van der Waals surface area contributed by atoms with Crippen molar-refractivity contribution in [2.75, 3.05) is 26.7 Å². The molecule has 0 saturated carbocycles. The molecule has 4 heteroatoms. The zero-order chi connectivity index (χ0) is 15.0. The third-order valence-electron chi connectivity index (χ3n) is 4.43. The number of amides is 1. The molecule has 4 nitrogen and oxygen atoms in total. The maximum atomic E-state index is 12.3. The average Bonchev–Trinajstić information content (AvgIpc) is 2.49. The van der Waals surface area contributed by atoms with Gasteiger partial charge in [0.15, 0.2) is 0 Å². The first kappa shape index (κ1) is 17.4. The molecule has 0 bridgehead atoms. The van der Waals surface area contributed by atoms with E-state index in [0.717, 1.165) is 38.9 Å². The number of nitrogens with one attached hydrogen (secondary N) is 1. The number of ether oxygens (including phenoxy) is 1. The third-order valence-corrected chi connectivity index (χ3v) is 4.43. The summed E-state index contributed by atoms with van der Waals surface area (Å²) in [6.45, 7) is 9.34. The van der Waals surface area contributed by atoms with Crippen LogP contribution in [0.4, 0.5) is 0 Å². The number of nitrogens with zero attached hydrogens (tertiary/aromatic N) is 1. The highest BCUT2D eigenvalue weighted by molar-refractivity contribution is 5.76. The van der Waals surface area contributed by atoms with Crippen LogP contribution in [-0.2, 0) is 9.53 Å². The van der Waals surface area contributed by atoms with Crippen molar-refractivity contribution in [2.24, 2.45) is 5.92 Å². The fourth-order valence-electron chi connectivity index (χ4n) is 2.87. The lowest BCUT2D eigenvalue weighted by atomic mass is 9.89. The normalized spacial score (nSPS) is 24.7. The lowest BCUT2D eigenvalue weighted by Gasteiger charge is -2.39. The molecule has 1 saturated heterocycles. The van der Waals surface area contributed by atoms with Crippen LogP contribution in [0, 0.1) is 5.92 Å². The maximum absolute atomic E-state index is 12.3.